The van der Waals surface area contributed by atoms with Crippen LogP contribution in [0.5, 0.6) is 0 Å². The zero-order valence-corrected chi connectivity index (χ0v) is 11.1. The molecule has 0 spiro atoms. The predicted octanol–water partition coefficient (Wildman–Crippen LogP) is 3.98. The van der Waals surface area contributed by atoms with Crippen LogP contribution < -0.4 is 0 Å². The van der Waals surface area contributed by atoms with Crippen molar-refractivity contribution >= 4 is 28.6 Å². The Morgan fingerprint density at radius 3 is 2.70 bits per heavy atom. The van der Waals surface area contributed by atoms with Gasteiger partial charge in [0.1, 0.15) is 5.25 Å². The quantitative estimate of drug-likeness (QED) is 0.878. The van der Waals surface area contributed by atoms with Crippen molar-refractivity contribution in [2.24, 2.45) is 0 Å². The van der Waals surface area contributed by atoms with Gasteiger partial charge in [-0.05, 0) is 11.6 Å². The number of hydrogen-bond acceptors (Lipinski definition) is 2. The van der Waals surface area contributed by atoms with Gasteiger partial charge in [0.2, 0.25) is 0 Å². The number of para-hydroxylation sites is 1. The second-order valence-corrected chi connectivity index (χ2v) is 5.44. The van der Waals surface area contributed by atoms with Gasteiger partial charge in [0.15, 0.2) is 0 Å². The monoisotopic (exact) mass is 303 g/mol. The fourth-order valence-corrected chi connectivity index (χ4v) is 3.03. The van der Waals surface area contributed by atoms with Gasteiger partial charge in [0, 0.05) is 22.9 Å². The highest BCUT2D eigenvalue weighted by molar-refractivity contribution is 7.99. The highest BCUT2D eigenvalue weighted by Crippen LogP contribution is 2.45. The number of halogens is 3. The third-order valence-electron chi connectivity index (χ3n) is 2.80. The first-order chi connectivity index (χ1) is 9.39. The number of fused-ring (bicyclic) bond motifs is 1. The molecule has 2 aromatic rings. The molecule has 0 saturated carbocycles. The molecule has 108 valence electrons. The smallest absolute Gasteiger partial charge is 0.404 e. The molecule has 0 saturated heterocycles. The number of aromatic amines is 1. The fourth-order valence-electron chi connectivity index (χ4n) is 1.94. The molecule has 0 aliphatic rings. The van der Waals surface area contributed by atoms with E-state index >= 15 is 0 Å². The van der Waals surface area contributed by atoms with E-state index in [1.165, 1.54) is 6.20 Å². The van der Waals surface area contributed by atoms with Crippen LogP contribution in [0.1, 0.15) is 17.2 Å². The molecule has 3 nitrogen and oxygen atoms in total. The largest absolute Gasteiger partial charge is 0.481 e. The topological polar surface area (TPSA) is 53.1 Å². The van der Waals surface area contributed by atoms with Crippen LogP contribution in [0.25, 0.3) is 10.9 Å². The minimum absolute atomic E-state index is 0.0843. The molecule has 0 aliphatic carbocycles. The summed E-state index contributed by atoms with van der Waals surface area (Å²) in [5.74, 6) is -1.18. The van der Waals surface area contributed by atoms with Crippen molar-refractivity contribution in [2.45, 2.75) is 17.8 Å². The molecule has 0 radical (unpaired) electrons. The van der Waals surface area contributed by atoms with Gasteiger partial charge in [-0.1, -0.05) is 18.2 Å². The highest BCUT2D eigenvalue weighted by atomic mass is 32.2. The Balaban J connectivity index is 2.29. The van der Waals surface area contributed by atoms with Crippen molar-refractivity contribution in [1.29, 1.82) is 0 Å². The van der Waals surface area contributed by atoms with Crippen LogP contribution in [0, 0.1) is 0 Å². The number of benzene rings is 1. The molecule has 0 aliphatic heterocycles. The number of carboxylic acids is 1. The first-order valence-electron chi connectivity index (χ1n) is 5.85. The minimum Gasteiger partial charge on any atom is -0.481 e. The molecule has 20 heavy (non-hydrogen) atoms. The van der Waals surface area contributed by atoms with Crippen LogP contribution in [0.15, 0.2) is 30.5 Å². The molecule has 0 unspecified atom stereocenters. The van der Waals surface area contributed by atoms with E-state index in [0.29, 0.717) is 22.7 Å². The zero-order chi connectivity index (χ0) is 14.8. The number of carboxylic acid groups (broad SMARTS) is 1. The Bertz CT molecular complexity index is 609. The Kier molecular flexibility index (Phi) is 4.27. The first-order valence-corrected chi connectivity index (χ1v) is 6.90. The summed E-state index contributed by atoms with van der Waals surface area (Å²) in [7, 11) is 0. The number of hydrogen-bond donors (Lipinski definition) is 2. The molecule has 1 heterocycles. The number of rotatable bonds is 5. The van der Waals surface area contributed by atoms with E-state index in [1.54, 1.807) is 24.3 Å². The Labute approximate surface area is 117 Å². The summed E-state index contributed by atoms with van der Waals surface area (Å²) in [5, 5.41) is 7.32. The van der Waals surface area contributed by atoms with Crippen molar-refractivity contribution in [3.63, 3.8) is 0 Å². The van der Waals surface area contributed by atoms with Crippen LogP contribution >= 0.6 is 11.8 Å². The molecule has 2 rings (SSSR count). The lowest BCUT2D eigenvalue weighted by Gasteiger charge is -2.19. The molecule has 1 atom stereocenters. The third-order valence-corrected chi connectivity index (χ3v) is 4.10. The van der Waals surface area contributed by atoms with E-state index in [0.717, 1.165) is 0 Å². The van der Waals surface area contributed by atoms with E-state index in [9.17, 15) is 18.0 Å². The fraction of sp³-hybridized carbons (Fsp3) is 0.308. The number of nitrogens with one attached hydrogen (secondary N) is 1. The highest BCUT2D eigenvalue weighted by Gasteiger charge is 2.42. The summed E-state index contributed by atoms with van der Waals surface area (Å²) in [5.41, 5.74) is 0.777. The van der Waals surface area contributed by atoms with Crippen LogP contribution in [0.2, 0.25) is 0 Å². The SMILES string of the molecule is O=C(O)CCS[C@H](c1c[nH]c2ccccc12)C(F)(F)F. The average molecular weight is 303 g/mol. The number of alkyl halides is 3. The summed E-state index contributed by atoms with van der Waals surface area (Å²) in [4.78, 5) is 13.2. The zero-order valence-electron chi connectivity index (χ0n) is 10.3. The number of thioether (sulfide) groups is 1. The molecule has 1 aromatic carbocycles. The van der Waals surface area contributed by atoms with Gasteiger partial charge in [0.25, 0.3) is 0 Å². The maximum absolute atomic E-state index is 13.2. The van der Waals surface area contributed by atoms with Gasteiger partial charge < -0.3 is 10.1 Å². The van der Waals surface area contributed by atoms with E-state index in [1.807, 2.05) is 0 Å². The maximum Gasteiger partial charge on any atom is 0.404 e. The van der Waals surface area contributed by atoms with E-state index in [-0.39, 0.29) is 17.7 Å². The Morgan fingerprint density at radius 1 is 1.35 bits per heavy atom. The summed E-state index contributed by atoms with van der Waals surface area (Å²) in [6.07, 6.45) is -3.37. The molecule has 0 bridgehead atoms. The summed E-state index contributed by atoms with van der Waals surface area (Å²) in [6, 6.07) is 6.74. The van der Waals surface area contributed by atoms with E-state index in [4.69, 9.17) is 5.11 Å². The lowest BCUT2D eigenvalue weighted by atomic mass is 10.1. The van der Waals surface area contributed by atoms with Crippen molar-refractivity contribution in [3.05, 3.63) is 36.0 Å². The molecule has 7 heteroatoms. The van der Waals surface area contributed by atoms with Gasteiger partial charge in [-0.15, -0.1) is 11.8 Å². The second kappa shape index (κ2) is 5.78. The summed E-state index contributed by atoms with van der Waals surface area (Å²) >= 11 is 0.604. The average Bonchev–Trinajstić information content (AvgIpc) is 2.76. The molecule has 0 amide bonds. The van der Waals surface area contributed by atoms with Gasteiger partial charge in [0.05, 0.1) is 6.42 Å². The van der Waals surface area contributed by atoms with Gasteiger partial charge in [-0.3, -0.25) is 4.79 Å². The van der Waals surface area contributed by atoms with Crippen molar-refractivity contribution in [3.8, 4) is 0 Å². The number of H-pyrrole nitrogens is 1. The predicted molar refractivity (Wildman–Crippen MR) is 71.8 cm³/mol. The summed E-state index contributed by atoms with van der Waals surface area (Å²) in [6.45, 7) is 0. The van der Waals surface area contributed by atoms with Crippen LogP contribution in [-0.4, -0.2) is 28.0 Å². The summed E-state index contributed by atoms with van der Waals surface area (Å²) < 4.78 is 39.5. The van der Waals surface area contributed by atoms with E-state index < -0.39 is 17.4 Å². The maximum atomic E-state index is 13.2. The number of carbonyl (C=O) groups is 1. The number of aliphatic carboxylic acids is 1. The lowest BCUT2D eigenvalue weighted by molar-refractivity contribution is -0.137. The van der Waals surface area contributed by atoms with Crippen LogP contribution in [-0.2, 0) is 4.79 Å². The molecular formula is C13H12F3NO2S. The molecule has 2 N–H and O–H groups in total. The van der Waals surface area contributed by atoms with Crippen LogP contribution in [0.3, 0.4) is 0 Å². The third kappa shape index (κ3) is 3.27. The minimum atomic E-state index is -4.42. The van der Waals surface area contributed by atoms with E-state index in [2.05, 4.69) is 4.98 Å². The normalized spacial score (nSPS) is 13.6. The Morgan fingerprint density at radius 2 is 2.05 bits per heavy atom. The first kappa shape index (κ1) is 14.8. The molecular weight excluding hydrogens is 291 g/mol. The van der Waals surface area contributed by atoms with Crippen molar-refractivity contribution in [2.75, 3.05) is 5.75 Å². The van der Waals surface area contributed by atoms with Gasteiger partial charge in [-0.2, -0.15) is 13.2 Å². The second-order valence-electron chi connectivity index (χ2n) is 4.23. The van der Waals surface area contributed by atoms with Crippen molar-refractivity contribution in [1.82, 2.24) is 4.98 Å². The van der Waals surface area contributed by atoms with Crippen molar-refractivity contribution < 1.29 is 23.1 Å². The Hall–Kier alpha value is -1.63. The van der Waals surface area contributed by atoms with Gasteiger partial charge in [-0.25, -0.2) is 0 Å². The van der Waals surface area contributed by atoms with Crippen LogP contribution in [0.4, 0.5) is 13.2 Å². The standard InChI is InChI=1S/C13H12F3NO2S/c14-13(15,16)12(20-6-5-11(18)19)9-7-17-10-4-2-1-3-8(9)10/h1-4,7,12,17H,5-6H2,(H,18,19)/t12-/m1/s1. The molecule has 0 fully saturated rings. The number of aromatic nitrogens is 1. The lowest BCUT2D eigenvalue weighted by Crippen LogP contribution is -2.18. The van der Waals surface area contributed by atoms with Gasteiger partial charge >= 0.3 is 12.1 Å². The molecule has 1 aromatic heterocycles.